The van der Waals surface area contributed by atoms with Gasteiger partial charge in [-0.2, -0.15) is 0 Å². The maximum atomic E-state index is 11.3. The Bertz CT molecular complexity index is 388. The molecule has 5 nitrogen and oxygen atoms in total. The molecule has 0 aromatic carbocycles. The molecule has 1 N–H and O–H groups in total. The lowest BCUT2D eigenvalue weighted by molar-refractivity contribution is 0.574. The maximum Gasteiger partial charge on any atom is 0.225 e. The van der Waals surface area contributed by atoms with Crippen LogP contribution in [0.2, 0.25) is 0 Å². The highest BCUT2D eigenvalue weighted by Crippen LogP contribution is 2.19. The second kappa shape index (κ2) is 4.34. The van der Waals surface area contributed by atoms with Crippen molar-refractivity contribution < 1.29 is 16.8 Å². The second-order valence-electron chi connectivity index (χ2n) is 3.20. The Balaban J connectivity index is 2.55. The Morgan fingerprint density at radius 2 is 2.07 bits per heavy atom. The first-order valence-corrected chi connectivity index (χ1v) is 8.02. The van der Waals surface area contributed by atoms with Gasteiger partial charge in [0.05, 0.1) is 11.0 Å². The molecule has 1 aliphatic heterocycles. The fourth-order valence-corrected chi connectivity index (χ4v) is 3.98. The molecule has 0 spiro atoms. The summed E-state index contributed by atoms with van der Waals surface area (Å²) >= 11 is 5.15. The van der Waals surface area contributed by atoms with Gasteiger partial charge in [0.1, 0.15) is 5.21 Å². The van der Waals surface area contributed by atoms with Gasteiger partial charge in [0.15, 0.2) is 9.84 Å². The highest BCUT2D eigenvalue weighted by Gasteiger charge is 2.31. The topological polar surface area (TPSA) is 80.3 Å². The summed E-state index contributed by atoms with van der Waals surface area (Å²) in [5, 5.41) is -1.12. The highest BCUT2D eigenvalue weighted by atomic mass is 35.5. The molecule has 0 aromatic rings. The number of rotatable bonds is 4. The quantitative estimate of drug-likeness (QED) is 0.704. The summed E-state index contributed by atoms with van der Waals surface area (Å²) in [6.07, 6.45) is 1.13. The van der Waals surface area contributed by atoms with Crippen LogP contribution < -0.4 is 4.72 Å². The van der Waals surface area contributed by atoms with E-state index in [0.29, 0.717) is 12.8 Å². The van der Waals surface area contributed by atoms with Crippen molar-refractivity contribution in [1.29, 1.82) is 0 Å². The van der Waals surface area contributed by atoms with E-state index >= 15 is 0 Å². The van der Waals surface area contributed by atoms with Gasteiger partial charge in [-0.05, 0) is 12.8 Å². The van der Waals surface area contributed by atoms with E-state index in [1.807, 2.05) is 0 Å². The lowest BCUT2D eigenvalue weighted by Crippen LogP contribution is -2.35. The third-order valence-electron chi connectivity index (χ3n) is 2.14. The van der Waals surface area contributed by atoms with Gasteiger partial charge in [-0.15, -0.1) is 11.6 Å². The van der Waals surface area contributed by atoms with E-state index in [4.69, 9.17) is 11.6 Å². The van der Waals surface area contributed by atoms with Crippen molar-refractivity contribution in [2.45, 2.75) is 18.1 Å². The Kier molecular flexibility index (Phi) is 3.79. The Labute approximate surface area is 88.8 Å². The van der Waals surface area contributed by atoms with Crippen LogP contribution >= 0.6 is 11.6 Å². The molecule has 1 atom stereocenters. The molecule has 0 radical (unpaired) electrons. The van der Waals surface area contributed by atoms with Gasteiger partial charge in [0, 0.05) is 6.54 Å². The minimum atomic E-state index is -3.51. The fourth-order valence-electron chi connectivity index (χ4n) is 1.35. The van der Waals surface area contributed by atoms with E-state index in [0.717, 1.165) is 0 Å². The van der Waals surface area contributed by atoms with Gasteiger partial charge >= 0.3 is 0 Å². The SMILES string of the molecule is O=S(=O)(CCl)NCC1CCCS1(=O)=O. The van der Waals surface area contributed by atoms with Crippen LogP contribution in [0.1, 0.15) is 12.8 Å². The first kappa shape index (κ1) is 12.2. The highest BCUT2D eigenvalue weighted by molar-refractivity contribution is 7.92. The first-order valence-electron chi connectivity index (χ1n) is 4.12. The van der Waals surface area contributed by atoms with Crippen LogP contribution in [0.5, 0.6) is 0 Å². The van der Waals surface area contributed by atoms with Crippen LogP contribution in [0.4, 0.5) is 0 Å². The Hall–Kier alpha value is 0.150. The third kappa shape index (κ3) is 3.08. The molecule has 1 fully saturated rings. The zero-order chi connectivity index (χ0) is 10.8. The number of hydrogen-bond acceptors (Lipinski definition) is 4. The average Bonchev–Trinajstić information content (AvgIpc) is 2.42. The summed E-state index contributed by atoms with van der Waals surface area (Å²) in [6, 6.07) is 0. The van der Waals surface area contributed by atoms with E-state index in [1.54, 1.807) is 0 Å². The van der Waals surface area contributed by atoms with Crippen molar-refractivity contribution in [2.75, 3.05) is 17.5 Å². The molecule has 0 bridgehead atoms. The summed E-state index contributed by atoms with van der Waals surface area (Å²) in [6.45, 7) is -0.0581. The minimum absolute atomic E-state index is 0.0581. The zero-order valence-electron chi connectivity index (χ0n) is 7.44. The lowest BCUT2D eigenvalue weighted by atomic mass is 10.2. The molecule has 1 saturated heterocycles. The Morgan fingerprint density at radius 3 is 2.50 bits per heavy atom. The number of sulfonamides is 1. The molecule has 0 saturated carbocycles. The van der Waals surface area contributed by atoms with Gasteiger partial charge in [-0.3, -0.25) is 0 Å². The molecule has 0 aliphatic carbocycles. The van der Waals surface area contributed by atoms with Crippen LogP contribution in [0, 0.1) is 0 Å². The van der Waals surface area contributed by atoms with Crippen LogP contribution in [0.3, 0.4) is 0 Å². The molecular formula is C6H12ClNO4S2. The number of alkyl halides is 1. The van der Waals surface area contributed by atoms with Crippen LogP contribution in [-0.4, -0.2) is 39.6 Å². The monoisotopic (exact) mass is 261 g/mol. The molecule has 0 aromatic heterocycles. The van der Waals surface area contributed by atoms with Gasteiger partial charge in [-0.25, -0.2) is 21.6 Å². The molecular weight excluding hydrogens is 250 g/mol. The number of halogens is 1. The van der Waals surface area contributed by atoms with Crippen molar-refractivity contribution in [3.05, 3.63) is 0 Å². The van der Waals surface area contributed by atoms with Crippen molar-refractivity contribution in [3.63, 3.8) is 0 Å². The molecule has 0 amide bonds. The van der Waals surface area contributed by atoms with E-state index in [9.17, 15) is 16.8 Å². The smallest absolute Gasteiger partial charge is 0.225 e. The largest absolute Gasteiger partial charge is 0.229 e. The van der Waals surface area contributed by atoms with Crippen molar-refractivity contribution in [2.24, 2.45) is 0 Å². The summed E-state index contributed by atoms with van der Waals surface area (Å²) in [5.74, 6) is 0.153. The summed E-state index contributed by atoms with van der Waals surface area (Å²) < 4.78 is 46.6. The second-order valence-corrected chi connectivity index (χ2v) is 8.00. The number of hydrogen-bond donors (Lipinski definition) is 1. The molecule has 84 valence electrons. The summed E-state index contributed by atoms with van der Waals surface area (Å²) in [7, 11) is -6.59. The standard InChI is InChI=1S/C6H12ClNO4S2/c7-5-14(11,12)8-4-6-2-1-3-13(6,9)10/h6,8H,1-5H2. The van der Waals surface area contributed by atoms with Gasteiger partial charge < -0.3 is 0 Å². The van der Waals surface area contributed by atoms with Crippen LogP contribution in [0.15, 0.2) is 0 Å². The number of sulfone groups is 1. The van der Waals surface area contributed by atoms with E-state index in [2.05, 4.69) is 4.72 Å². The van der Waals surface area contributed by atoms with E-state index in [-0.39, 0.29) is 12.3 Å². The molecule has 1 rings (SSSR count). The fraction of sp³-hybridized carbons (Fsp3) is 1.00. The van der Waals surface area contributed by atoms with Crippen LogP contribution in [0.25, 0.3) is 0 Å². The van der Waals surface area contributed by atoms with Crippen LogP contribution in [-0.2, 0) is 19.9 Å². The zero-order valence-corrected chi connectivity index (χ0v) is 9.83. The molecule has 1 heterocycles. The maximum absolute atomic E-state index is 11.3. The summed E-state index contributed by atoms with van der Waals surface area (Å²) in [4.78, 5) is 0. The molecule has 8 heteroatoms. The molecule has 1 unspecified atom stereocenters. The predicted octanol–water partition coefficient (Wildman–Crippen LogP) is -0.321. The normalized spacial score (nSPS) is 26.5. The van der Waals surface area contributed by atoms with Gasteiger partial charge in [-0.1, -0.05) is 0 Å². The van der Waals surface area contributed by atoms with E-state index < -0.39 is 30.3 Å². The molecule has 1 aliphatic rings. The average molecular weight is 262 g/mol. The summed E-state index contributed by atoms with van der Waals surface area (Å²) in [5.41, 5.74) is 0. The van der Waals surface area contributed by atoms with Crippen molar-refractivity contribution in [3.8, 4) is 0 Å². The number of nitrogens with one attached hydrogen (secondary N) is 1. The van der Waals surface area contributed by atoms with Crippen molar-refractivity contribution in [1.82, 2.24) is 4.72 Å². The molecule has 14 heavy (non-hydrogen) atoms. The first-order chi connectivity index (χ1) is 6.37. The predicted molar refractivity (Wildman–Crippen MR) is 54.5 cm³/mol. The third-order valence-corrected chi connectivity index (χ3v) is 6.17. The van der Waals surface area contributed by atoms with Gasteiger partial charge in [0.25, 0.3) is 0 Å². The van der Waals surface area contributed by atoms with Crippen molar-refractivity contribution >= 4 is 31.5 Å². The Morgan fingerprint density at radius 1 is 1.43 bits per heavy atom. The lowest BCUT2D eigenvalue weighted by Gasteiger charge is -2.09. The van der Waals surface area contributed by atoms with E-state index in [1.165, 1.54) is 0 Å². The minimum Gasteiger partial charge on any atom is -0.229 e. The van der Waals surface area contributed by atoms with Gasteiger partial charge in [0.2, 0.25) is 10.0 Å².